The van der Waals surface area contributed by atoms with Crippen molar-refractivity contribution in [2.45, 2.75) is 23.8 Å². The minimum Gasteiger partial charge on any atom is -0.333 e. The first-order valence-corrected chi connectivity index (χ1v) is 11.0. The van der Waals surface area contributed by atoms with E-state index in [1.807, 2.05) is 24.3 Å². The number of nitrogens with zero attached hydrogens (tertiary/aromatic N) is 2. The van der Waals surface area contributed by atoms with Crippen molar-refractivity contribution in [1.82, 2.24) is 9.88 Å². The van der Waals surface area contributed by atoms with E-state index in [9.17, 15) is 13.2 Å². The summed E-state index contributed by atoms with van der Waals surface area (Å²) in [7, 11) is -3.43. The summed E-state index contributed by atoms with van der Waals surface area (Å²) >= 11 is 1.36. The van der Waals surface area contributed by atoms with Crippen molar-refractivity contribution in [3.63, 3.8) is 0 Å². The summed E-state index contributed by atoms with van der Waals surface area (Å²) in [6, 6.07) is 15.7. The van der Waals surface area contributed by atoms with Crippen molar-refractivity contribution in [3.8, 4) is 0 Å². The molecule has 7 heteroatoms. The van der Waals surface area contributed by atoms with E-state index < -0.39 is 9.84 Å². The van der Waals surface area contributed by atoms with Gasteiger partial charge in [0, 0.05) is 12.6 Å². The fourth-order valence-electron chi connectivity index (χ4n) is 3.34. The molecule has 0 N–H and O–H groups in total. The zero-order valence-electron chi connectivity index (χ0n) is 14.0. The number of benzene rings is 2. The van der Waals surface area contributed by atoms with Crippen LogP contribution in [0.25, 0.3) is 10.2 Å². The number of thiazole rings is 1. The average molecular weight is 386 g/mol. The molecule has 1 amide bonds. The van der Waals surface area contributed by atoms with Gasteiger partial charge in [-0.1, -0.05) is 30.3 Å². The highest BCUT2D eigenvalue weighted by Crippen LogP contribution is 2.27. The van der Waals surface area contributed by atoms with Gasteiger partial charge in [0.1, 0.15) is 0 Å². The molecule has 5 nitrogen and oxygen atoms in total. The number of carbonyl (C=O) groups is 1. The summed E-state index contributed by atoms with van der Waals surface area (Å²) in [6.45, 7) is 0.573. The Morgan fingerprint density at radius 3 is 2.62 bits per heavy atom. The van der Waals surface area contributed by atoms with Crippen LogP contribution in [0.15, 0.2) is 59.5 Å². The zero-order chi connectivity index (χ0) is 18.1. The number of sulfone groups is 1. The second kappa shape index (κ2) is 6.81. The van der Waals surface area contributed by atoms with Crippen LogP contribution in [0.1, 0.15) is 22.6 Å². The monoisotopic (exact) mass is 386 g/mol. The highest BCUT2D eigenvalue weighted by atomic mass is 32.2. The first-order valence-electron chi connectivity index (χ1n) is 8.49. The van der Waals surface area contributed by atoms with Crippen molar-refractivity contribution >= 4 is 37.3 Å². The number of para-hydroxylation sites is 1. The fraction of sp³-hybridized carbons (Fsp3) is 0.263. The molecule has 2 aromatic carbocycles. The normalized spacial score (nSPS) is 17.7. The summed E-state index contributed by atoms with van der Waals surface area (Å²) in [5.74, 6) is -0.217. The predicted molar refractivity (Wildman–Crippen MR) is 102 cm³/mol. The van der Waals surface area contributed by atoms with Crippen LogP contribution in [-0.2, 0) is 9.84 Å². The number of rotatable bonds is 4. The Kier molecular flexibility index (Phi) is 4.50. The molecule has 2 heterocycles. The third-order valence-electron chi connectivity index (χ3n) is 4.63. The smallest absolute Gasteiger partial charge is 0.283 e. The lowest BCUT2D eigenvalue weighted by molar-refractivity contribution is 0.0749. The van der Waals surface area contributed by atoms with E-state index in [4.69, 9.17) is 0 Å². The van der Waals surface area contributed by atoms with Gasteiger partial charge in [-0.25, -0.2) is 13.4 Å². The molecule has 4 rings (SSSR count). The van der Waals surface area contributed by atoms with Crippen molar-refractivity contribution in [3.05, 3.63) is 59.6 Å². The zero-order valence-corrected chi connectivity index (χ0v) is 15.7. The van der Waals surface area contributed by atoms with Gasteiger partial charge in [-0.3, -0.25) is 4.79 Å². The fourth-order valence-corrected chi connectivity index (χ4v) is 5.88. The van der Waals surface area contributed by atoms with Crippen LogP contribution in [0.3, 0.4) is 0 Å². The summed E-state index contributed by atoms with van der Waals surface area (Å²) in [5, 5.41) is 0.426. The minimum absolute atomic E-state index is 0.0480. The number of amides is 1. The van der Waals surface area contributed by atoms with Crippen LogP contribution in [0.5, 0.6) is 0 Å². The number of hydrogen-bond donors (Lipinski definition) is 0. The van der Waals surface area contributed by atoms with Gasteiger partial charge < -0.3 is 4.90 Å². The number of fused-ring (bicyclic) bond motifs is 1. The van der Waals surface area contributed by atoms with Gasteiger partial charge in [0.2, 0.25) is 0 Å². The molecule has 1 aliphatic rings. The van der Waals surface area contributed by atoms with Crippen LogP contribution in [0.4, 0.5) is 0 Å². The number of carbonyl (C=O) groups excluding carboxylic acids is 1. The minimum atomic E-state index is -3.43. The Balaban J connectivity index is 1.57. The molecule has 1 aromatic heterocycles. The van der Waals surface area contributed by atoms with Crippen LogP contribution in [0, 0.1) is 0 Å². The third kappa shape index (κ3) is 3.24. The Bertz CT molecular complexity index is 1010. The lowest BCUT2D eigenvalue weighted by atomic mass is 10.2. The van der Waals surface area contributed by atoms with E-state index in [2.05, 4.69) is 4.98 Å². The Morgan fingerprint density at radius 2 is 1.85 bits per heavy atom. The van der Waals surface area contributed by atoms with Crippen LogP contribution < -0.4 is 0 Å². The molecule has 0 unspecified atom stereocenters. The average Bonchev–Trinajstić information content (AvgIpc) is 3.28. The first-order chi connectivity index (χ1) is 12.5. The van der Waals surface area contributed by atoms with Crippen molar-refractivity contribution in [2.24, 2.45) is 0 Å². The highest BCUT2D eigenvalue weighted by molar-refractivity contribution is 7.91. The second-order valence-electron chi connectivity index (χ2n) is 6.38. The molecule has 0 spiro atoms. The lowest BCUT2D eigenvalue weighted by Crippen LogP contribution is -2.39. The van der Waals surface area contributed by atoms with Crippen molar-refractivity contribution < 1.29 is 13.2 Å². The number of likely N-dealkylation sites (tertiary alicyclic amines) is 1. The molecule has 3 aromatic rings. The van der Waals surface area contributed by atoms with E-state index in [0.717, 1.165) is 16.6 Å². The highest BCUT2D eigenvalue weighted by Gasteiger charge is 2.34. The molecule has 1 fully saturated rings. The van der Waals surface area contributed by atoms with E-state index in [1.54, 1.807) is 35.2 Å². The second-order valence-corrected chi connectivity index (χ2v) is 9.44. The topological polar surface area (TPSA) is 67.3 Å². The van der Waals surface area contributed by atoms with Crippen LogP contribution in [-0.4, -0.2) is 42.5 Å². The number of aromatic nitrogens is 1. The molecule has 0 bridgehead atoms. The maximum atomic E-state index is 12.9. The molecule has 0 saturated carbocycles. The predicted octanol–water partition coefficient (Wildman–Crippen LogP) is 3.37. The number of hydrogen-bond acceptors (Lipinski definition) is 5. The maximum Gasteiger partial charge on any atom is 0.283 e. The summed E-state index contributed by atoms with van der Waals surface area (Å²) in [4.78, 5) is 19.3. The Labute approximate surface area is 156 Å². The van der Waals surface area contributed by atoms with Crippen molar-refractivity contribution in [1.29, 1.82) is 0 Å². The van der Waals surface area contributed by atoms with E-state index in [-0.39, 0.29) is 17.7 Å². The maximum absolute atomic E-state index is 12.9. The van der Waals surface area contributed by atoms with Crippen LogP contribution in [0.2, 0.25) is 0 Å². The molecule has 26 heavy (non-hydrogen) atoms. The van der Waals surface area contributed by atoms with E-state index >= 15 is 0 Å². The molecular formula is C19H18N2O3S2. The first kappa shape index (κ1) is 17.2. The van der Waals surface area contributed by atoms with Crippen LogP contribution >= 0.6 is 11.3 Å². The SMILES string of the molecule is O=C(c1nc2ccccc2s1)N1CCC[C@@H]1CS(=O)(=O)c1ccccc1. The van der Waals surface area contributed by atoms with Gasteiger partial charge >= 0.3 is 0 Å². The molecule has 0 aliphatic carbocycles. The quantitative estimate of drug-likeness (QED) is 0.689. The lowest BCUT2D eigenvalue weighted by Gasteiger charge is -2.23. The molecule has 0 radical (unpaired) electrons. The molecule has 1 saturated heterocycles. The van der Waals surface area contributed by atoms with Gasteiger partial charge in [0.05, 0.1) is 20.9 Å². The van der Waals surface area contributed by atoms with Gasteiger partial charge in [-0.05, 0) is 37.1 Å². The third-order valence-corrected chi connectivity index (χ3v) is 7.47. The van der Waals surface area contributed by atoms with Crippen molar-refractivity contribution in [2.75, 3.05) is 12.3 Å². The molecule has 134 valence electrons. The standard InChI is InChI=1S/C19H18N2O3S2/c22-19(18-20-16-10-4-5-11-17(16)25-18)21-12-6-7-14(21)13-26(23,24)15-8-2-1-3-9-15/h1-5,8-11,14H,6-7,12-13H2/t14-/m1/s1. The molecule has 1 aliphatic heterocycles. The van der Waals surface area contributed by atoms with Gasteiger partial charge in [-0.15, -0.1) is 11.3 Å². The molecular weight excluding hydrogens is 368 g/mol. The largest absolute Gasteiger partial charge is 0.333 e. The summed E-state index contributed by atoms with van der Waals surface area (Å²) in [6.07, 6.45) is 1.51. The Hall–Kier alpha value is -2.25. The Morgan fingerprint density at radius 1 is 1.12 bits per heavy atom. The molecule has 1 atom stereocenters. The van der Waals surface area contributed by atoms with E-state index in [1.165, 1.54) is 11.3 Å². The summed E-state index contributed by atoms with van der Waals surface area (Å²) < 4.78 is 26.3. The van der Waals surface area contributed by atoms with E-state index in [0.29, 0.717) is 22.9 Å². The van der Waals surface area contributed by atoms with Gasteiger partial charge in [-0.2, -0.15) is 0 Å². The summed E-state index contributed by atoms with van der Waals surface area (Å²) in [5.41, 5.74) is 0.800. The van der Waals surface area contributed by atoms with Gasteiger partial charge in [0.25, 0.3) is 5.91 Å². The van der Waals surface area contributed by atoms with Gasteiger partial charge in [0.15, 0.2) is 14.8 Å².